The van der Waals surface area contributed by atoms with E-state index >= 15 is 0 Å². The number of rotatable bonds is 7. The lowest BCUT2D eigenvalue weighted by molar-refractivity contribution is -0.131. The summed E-state index contributed by atoms with van der Waals surface area (Å²) in [4.78, 5) is 14.9. The van der Waals surface area contributed by atoms with Gasteiger partial charge in [-0.15, -0.1) is 0 Å². The SMILES string of the molecule is CCCC(C)CC(=O)C(C)(CC)N1CCCC1. The summed E-state index contributed by atoms with van der Waals surface area (Å²) in [6.07, 6.45) is 6.58. The lowest BCUT2D eigenvalue weighted by Crippen LogP contribution is -2.51. The molecule has 0 spiro atoms. The molecule has 1 aliphatic heterocycles. The number of likely N-dealkylation sites (tertiary alicyclic amines) is 1. The number of Topliss-reactive ketones (excluding diaryl/α,β-unsaturated/α-hetero) is 1. The molecule has 17 heavy (non-hydrogen) atoms. The predicted molar refractivity (Wildman–Crippen MR) is 73.2 cm³/mol. The fourth-order valence-electron chi connectivity index (χ4n) is 2.94. The average molecular weight is 239 g/mol. The molecular formula is C15H29NO. The fourth-order valence-corrected chi connectivity index (χ4v) is 2.94. The van der Waals surface area contributed by atoms with E-state index < -0.39 is 0 Å². The third-order valence-corrected chi connectivity index (χ3v) is 4.41. The summed E-state index contributed by atoms with van der Waals surface area (Å²) in [5.74, 6) is 1.00. The van der Waals surface area contributed by atoms with Crippen molar-refractivity contribution in [1.82, 2.24) is 4.90 Å². The highest BCUT2D eigenvalue weighted by molar-refractivity contribution is 5.88. The quantitative estimate of drug-likeness (QED) is 0.676. The van der Waals surface area contributed by atoms with E-state index in [4.69, 9.17) is 0 Å². The van der Waals surface area contributed by atoms with Crippen molar-refractivity contribution in [3.05, 3.63) is 0 Å². The van der Waals surface area contributed by atoms with Crippen LogP contribution in [0.3, 0.4) is 0 Å². The van der Waals surface area contributed by atoms with Gasteiger partial charge in [0.05, 0.1) is 5.54 Å². The number of hydrogen-bond donors (Lipinski definition) is 0. The van der Waals surface area contributed by atoms with Gasteiger partial charge in [-0.3, -0.25) is 9.69 Å². The van der Waals surface area contributed by atoms with Gasteiger partial charge >= 0.3 is 0 Å². The highest BCUT2D eigenvalue weighted by Crippen LogP contribution is 2.28. The molecule has 0 aromatic rings. The maximum Gasteiger partial charge on any atom is 0.153 e. The van der Waals surface area contributed by atoms with Crippen molar-refractivity contribution in [1.29, 1.82) is 0 Å². The lowest BCUT2D eigenvalue weighted by Gasteiger charge is -2.37. The Hall–Kier alpha value is -0.370. The van der Waals surface area contributed by atoms with Gasteiger partial charge < -0.3 is 0 Å². The summed E-state index contributed by atoms with van der Waals surface area (Å²) >= 11 is 0. The first-order chi connectivity index (χ1) is 8.04. The first-order valence-corrected chi connectivity index (χ1v) is 7.33. The van der Waals surface area contributed by atoms with Gasteiger partial charge in [-0.05, 0) is 45.2 Å². The predicted octanol–water partition coefficient (Wildman–Crippen LogP) is 3.65. The molecule has 1 rings (SSSR count). The Morgan fingerprint density at radius 1 is 1.29 bits per heavy atom. The van der Waals surface area contributed by atoms with E-state index in [1.54, 1.807) is 0 Å². The number of nitrogens with zero attached hydrogens (tertiary/aromatic N) is 1. The maximum absolute atomic E-state index is 12.5. The van der Waals surface area contributed by atoms with E-state index in [9.17, 15) is 4.79 Å². The Kier molecular flexibility index (Phi) is 5.64. The molecule has 0 bridgehead atoms. The van der Waals surface area contributed by atoms with Gasteiger partial charge in [0.15, 0.2) is 5.78 Å². The van der Waals surface area contributed by atoms with Crippen molar-refractivity contribution in [3.8, 4) is 0 Å². The molecule has 0 N–H and O–H groups in total. The highest BCUT2D eigenvalue weighted by Gasteiger charge is 2.38. The van der Waals surface area contributed by atoms with Crippen LogP contribution in [0.2, 0.25) is 0 Å². The van der Waals surface area contributed by atoms with Crippen LogP contribution in [0.25, 0.3) is 0 Å². The van der Waals surface area contributed by atoms with Crippen molar-refractivity contribution >= 4 is 5.78 Å². The zero-order valence-corrected chi connectivity index (χ0v) is 12.1. The van der Waals surface area contributed by atoms with Gasteiger partial charge in [0.1, 0.15) is 0 Å². The zero-order chi connectivity index (χ0) is 12.9. The second-order valence-electron chi connectivity index (χ2n) is 5.84. The average Bonchev–Trinajstić information content (AvgIpc) is 2.82. The third kappa shape index (κ3) is 3.54. The summed E-state index contributed by atoms with van der Waals surface area (Å²) in [6.45, 7) is 10.9. The maximum atomic E-state index is 12.5. The molecule has 0 aliphatic carbocycles. The standard InChI is InChI=1S/C15H29NO/c1-5-9-13(3)12-14(17)15(4,6-2)16-10-7-8-11-16/h13H,5-12H2,1-4H3. The largest absolute Gasteiger partial charge is 0.298 e. The Bertz CT molecular complexity index is 245. The summed E-state index contributed by atoms with van der Waals surface area (Å²) in [5.41, 5.74) is -0.196. The van der Waals surface area contributed by atoms with E-state index in [-0.39, 0.29) is 5.54 Å². The van der Waals surface area contributed by atoms with E-state index in [2.05, 4.69) is 32.6 Å². The van der Waals surface area contributed by atoms with E-state index in [1.807, 2.05) is 0 Å². The van der Waals surface area contributed by atoms with Crippen LogP contribution in [0.1, 0.15) is 66.2 Å². The van der Waals surface area contributed by atoms with E-state index in [0.717, 1.165) is 25.9 Å². The molecule has 2 heteroatoms. The van der Waals surface area contributed by atoms with Crippen LogP contribution in [-0.2, 0) is 4.79 Å². The monoisotopic (exact) mass is 239 g/mol. The van der Waals surface area contributed by atoms with Crippen LogP contribution in [0, 0.1) is 5.92 Å². The third-order valence-electron chi connectivity index (χ3n) is 4.41. The summed E-state index contributed by atoms with van der Waals surface area (Å²) < 4.78 is 0. The molecule has 100 valence electrons. The molecule has 0 radical (unpaired) electrons. The van der Waals surface area contributed by atoms with Crippen LogP contribution in [0.5, 0.6) is 0 Å². The summed E-state index contributed by atoms with van der Waals surface area (Å²) in [7, 11) is 0. The molecule has 1 heterocycles. The van der Waals surface area contributed by atoms with Gasteiger partial charge in [-0.2, -0.15) is 0 Å². The first-order valence-electron chi connectivity index (χ1n) is 7.33. The summed E-state index contributed by atoms with van der Waals surface area (Å²) in [5, 5.41) is 0. The van der Waals surface area contributed by atoms with Gasteiger partial charge in [-0.1, -0.05) is 33.6 Å². The number of hydrogen-bond acceptors (Lipinski definition) is 2. The van der Waals surface area contributed by atoms with E-state index in [0.29, 0.717) is 11.7 Å². The van der Waals surface area contributed by atoms with Gasteiger partial charge in [-0.25, -0.2) is 0 Å². The minimum Gasteiger partial charge on any atom is -0.298 e. The van der Waals surface area contributed by atoms with Crippen molar-refractivity contribution in [2.45, 2.75) is 71.8 Å². The normalized spacial score (nSPS) is 22.4. The van der Waals surface area contributed by atoms with Crippen molar-refractivity contribution in [2.24, 2.45) is 5.92 Å². The molecule has 1 saturated heterocycles. The molecule has 1 fully saturated rings. The molecule has 2 nitrogen and oxygen atoms in total. The smallest absolute Gasteiger partial charge is 0.153 e. The molecule has 0 aromatic heterocycles. The lowest BCUT2D eigenvalue weighted by atomic mass is 9.85. The van der Waals surface area contributed by atoms with Crippen LogP contribution >= 0.6 is 0 Å². The molecule has 2 unspecified atom stereocenters. The van der Waals surface area contributed by atoms with Crippen LogP contribution < -0.4 is 0 Å². The zero-order valence-electron chi connectivity index (χ0n) is 12.1. The van der Waals surface area contributed by atoms with Crippen LogP contribution in [0.4, 0.5) is 0 Å². The van der Waals surface area contributed by atoms with Crippen molar-refractivity contribution < 1.29 is 4.79 Å². The highest BCUT2D eigenvalue weighted by atomic mass is 16.1. The second kappa shape index (κ2) is 6.53. The minimum atomic E-state index is -0.196. The number of carbonyl (C=O) groups is 1. The Morgan fingerprint density at radius 2 is 1.88 bits per heavy atom. The molecule has 1 aliphatic rings. The van der Waals surface area contributed by atoms with Crippen LogP contribution in [0.15, 0.2) is 0 Å². The second-order valence-corrected chi connectivity index (χ2v) is 5.84. The van der Waals surface area contributed by atoms with E-state index in [1.165, 1.54) is 25.7 Å². The minimum absolute atomic E-state index is 0.196. The molecular weight excluding hydrogens is 210 g/mol. The Balaban J connectivity index is 2.61. The molecule has 0 aromatic carbocycles. The number of ketones is 1. The topological polar surface area (TPSA) is 20.3 Å². The first kappa shape index (κ1) is 14.7. The fraction of sp³-hybridized carbons (Fsp3) is 0.933. The number of carbonyl (C=O) groups excluding carboxylic acids is 1. The van der Waals surface area contributed by atoms with Gasteiger partial charge in [0.2, 0.25) is 0 Å². The van der Waals surface area contributed by atoms with Crippen molar-refractivity contribution in [2.75, 3.05) is 13.1 Å². The molecule has 0 amide bonds. The van der Waals surface area contributed by atoms with Crippen molar-refractivity contribution in [3.63, 3.8) is 0 Å². The molecule has 0 saturated carbocycles. The molecule has 2 atom stereocenters. The van der Waals surface area contributed by atoms with Gasteiger partial charge in [0.25, 0.3) is 0 Å². The Labute approximate surface area is 107 Å². The summed E-state index contributed by atoms with van der Waals surface area (Å²) in [6, 6.07) is 0. The Morgan fingerprint density at radius 3 is 2.35 bits per heavy atom. The van der Waals surface area contributed by atoms with Gasteiger partial charge in [0, 0.05) is 6.42 Å². The van der Waals surface area contributed by atoms with Crippen LogP contribution in [-0.4, -0.2) is 29.3 Å².